The summed E-state index contributed by atoms with van der Waals surface area (Å²) in [7, 11) is 0. The summed E-state index contributed by atoms with van der Waals surface area (Å²) in [6, 6.07) is 8.74. The third-order valence-electron chi connectivity index (χ3n) is 5.07. The van der Waals surface area contributed by atoms with E-state index in [1.54, 1.807) is 30.3 Å². The van der Waals surface area contributed by atoms with E-state index >= 15 is 0 Å². The normalized spacial score (nSPS) is 12.7. The van der Waals surface area contributed by atoms with Crippen molar-refractivity contribution in [3.63, 3.8) is 0 Å². The van der Waals surface area contributed by atoms with Crippen LogP contribution in [-0.2, 0) is 16.0 Å². The molecule has 0 saturated carbocycles. The molecule has 0 aromatic heterocycles. The van der Waals surface area contributed by atoms with Crippen molar-refractivity contribution >= 4 is 34.8 Å². The van der Waals surface area contributed by atoms with E-state index in [1.165, 1.54) is 6.92 Å². The number of rotatable bonds is 6. The molecule has 0 radical (unpaired) electrons. The van der Waals surface area contributed by atoms with E-state index in [2.05, 4.69) is 10.6 Å². The van der Waals surface area contributed by atoms with Crippen molar-refractivity contribution in [3.05, 3.63) is 58.1 Å². The number of hydrogen-bond acceptors (Lipinski definition) is 4. The van der Waals surface area contributed by atoms with Crippen molar-refractivity contribution < 1.29 is 19.2 Å². The summed E-state index contributed by atoms with van der Waals surface area (Å²) < 4.78 is 0. The Morgan fingerprint density at radius 1 is 1.00 bits per heavy atom. The molecule has 1 aliphatic heterocycles. The van der Waals surface area contributed by atoms with Gasteiger partial charge in [-0.1, -0.05) is 0 Å². The van der Waals surface area contributed by atoms with Crippen LogP contribution in [0.1, 0.15) is 63.6 Å². The van der Waals surface area contributed by atoms with Gasteiger partial charge in [-0.25, -0.2) is 0 Å². The molecule has 2 amide bonds. The first-order valence-corrected chi connectivity index (χ1v) is 9.62. The molecular formula is C23H24N2O4. The zero-order chi connectivity index (χ0) is 21.1. The molecule has 6 nitrogen and oxygen atoms in total. The van der Waals surface area contributed by atoms with E-state index in [0.717, 1.165) is 22.4 Å². The largest absolute Gasteiger partial charge is 0.326 e. The highest BCUT2D eigenvalue weighted by Crippen LogP contribution is 2.24. The number of anilines is 2. The molecule has 1 heterocycles. The van der Waals surface area contributed by atoms with Gasteiger partial charge in [0.25, 0.3) is 0 Å². The van der Waals surface area contributed by atoms with Gasteiger partial charge >= 0.3 is 0 Å². The lowest BCUT2D eigenvalue weighted by Gasteiger charge is -2.17. The van der Waals surface area contributed by atoms with Crippen molar-refractivity contribution in [3.8, 4) is 0 Å². The number of ketones is 2. The summed E-state index contributed by atoms with van der Waals surface area (Å²) in [6.45, 7) is 5.19. The fraction of sp³-hybridized carbons (Fsp3) is 0.304. The molecule has 1 aliphatic rings. The van der Waals surface area contributed by atoms with Crippen molar-refractivity contribution in [1.29, 1.82) is 0 Å². The monoisotopic (exact) mass is 392 g/mol. The maximum absolute atomic E-state index is 12.5. The van der Waals surface area contributed by atoms with Crippen LogP contribution < -0.4 is 10.6 Å². The second-order valence-electron chi connectivity index (χ2n) is 7.43. The predicted octanol–water partition coefficient (Wildman–Crippen LogP) is 3.99. The maximum atomic E-state index is 12.5. The lowest BCUT2D eigenvalue weighted by atomic mass is 9.97. The number of benzene rings is 2. The van der Waals surface area contributed by atoms with Gasteiger partial charge in [-0.15, -0.1) is 0 Å². The standard InChI is InChI=1S/C23H24N2O4/c1-13-10-18(11-14(2)23(13)15(3)26)24-21(28)9-7-20(27)17-4-6-19-16(12-17)5-8-22(29)25-19/h4,6,10-12H,5,7-9H2,1-3H3,(H,24,28)(H,25,29). The van der Waals surface area contributed by atoms with Crippen LogP contribution in [0.4, 0.5) is 11.4 Å². The average Bonchev–Trinajstić information content (AvgIpc) is 2.64. The quantitative estimate of drug-likeness (QED) is 0.727. The van der Waals surface area contributed by atoms with Crippen LogP contribution >= 0.6 is 0 Å². The molecule has 6 heteroatoms. The summed E-state index contributed by atoms with van der Waals surface area (Å²) in [4.78, 5) is 47.9. The van der Waals surface area contributed by atoms with Crippen molar-refractivity contribution in [2.45, 2.75) is 46.5 Å². The minimum atomic E-state index is -0.252. The lowest BCUT2D eigenvalue weighted by Crippen LogP contribution is -2.19. The Bertz CT molecular complexity index is 1000. The van der Waals surface area contributed by atoms with Crippen molar-refractivity contribution in [2.24, 2.45) is 0 Å². The second-order valence-corrected chi connectivity index (χ2v) is 7.43. The molecule has 0 atom stereocenters. The van der Waals surface area contributed by atoms with Gasteiger partial charge in [0, 0.05) is 41.8 Å². The van der Waals surface area contributed by atoms with Crippen molar-refractivity contribution in [1.82, 2.24) is 0 Å². The Labute approximate surface area is 169 Å². The average molecular weight is 392 g/mol. The number of amides is 2. The van der Waals surface area contributed by atoms with Gasteiger partial charge in [-0.2, -0.15) is 0 Å². The van der Waals surface area contributed by atoms with Crippen LogP contribution in [0.2, 0.25) is 0 Å². The topological polar surface area (TPSA) is 92.3 Å². The molecule has 0 spiro atoms. The molecule has 3 rings (SSSR count). The van der Waals surface area contributed by atoms with Crippen LogP contribution in [0.5, 0.6) is 0 Å². The van der Waals surface area contributed by atoms with Crippen LogP contribution in [0.25, 0.3) is 0 Å². The first-order valence-electron chi connectivity index (χ1n) is 9.62. The molecule has 0 bridgehead atoms. The van der Waals surface area contributed by atoms with Gasteiger partial charge in [0.15, 0.2) is 11.6 Å². The smallest absolute Gasteiger partial charge is 0.224 e. The minimum absolute atomic E-state index is 0.00640. The second kappa shape index (κ2) is 8.39. The van der Waals surface area contributed by atoms with Gasteiger partial charge in [-0.3, -0.25) is 19.2 Å². The van der Waals surface area contributed by atoms with Gasteiger partial charge in [-0.05, 0) is 74.2 Å². The third kappa shape index (κ3) is 4.77. The highest BCUT2D eigenvalue weighted by Gasteiger charge is 2.17. The number of nitrogens with one attached hydrogen (secondary N) is 2. The Morgan fingerprint density at radius 2 is 1.69 bits per heavy atom. The van der Waals surface area contributed by atoms with E-state index in [0.29, 0.717) is 29.7 Å². The number of Topliss-reactive ketones (excluding diaryl/α,β-unsaturated/α-hetero) is 2. The summed E-state index contributed by atoms with van der Waals surface area (Å²) in [6.07, 6.45) is 1.19. The molecule has 2 aromatic rings. The minimum Gasteiger partial charge on any atom is -0.326 e. The molecule has 0 aliphatic carbocycles. The fourth-order valence-electron chi connectivity index (χ4n) is 3.74. The van der Waals surface area contributed by atoms with Gasteiger partial charge < -0.3 is 10.6 Å². The van der Waals surface area contributed by atoms with Crippen molar-refractivity contribution in [2.75, 3.05) is 10.6 Å². The van der Waals surface area contributed by atoms with E-state index in [4.69, 9.17) is 0 Å². The maximum Gasteiger partial charge on any atom is 0.224 e. The zero-order valence-corrected chi connectivity index (χ0v) is 16.8. The number of fused-ring (bicyclic) bond motifs is 1. The molecule has 29 heavy (non-hydrogen) atoms. The Kier molecular flexibility index (Phi) is 5.92. The van der Waals surface area contributed by atoms with Crippen LogP contribution in [-0.4, -0.2) is 23.4 Å². The Hall–Kier alpha value is -3.28. The summed E-state index contributed by atoms with van der Waals surface area (Å²) >= 11 is 0. The van der Waals surface area contributed by atoms with Gasteiger partial charge in [0.05, 0.1) is 0 Å². The van der Waals surface area contributed by atoms with Crippen LogP contribution in [0.15, 0.2) is 30.3 Å². The first-order chi connectivity index (χ1) is 13.7. The SMILES string of the molecule is CC(=O)c1c(C)cc(NC(=O)CCC(=O)c2ccc3c(c2)CCC(=O)N3)cc1C. The van der Waals surface area contributed by atoms with Crippen LogP contribution in [0, 0.1) is 13.8 Å². The predicted molar refractivity (Wildman–Crippen MR) is 112 cm³/mol. The molecule has 2 N–H and O–H groups in total. The summed E-state index contributed by atoms with van der Waals surface area (Å²) in [5, 5.41) is 5.59. The molecule has 0 saturated heterocycles. The van der Waals surface area contributed by atoms with Gasteiger partial charge in [0.1, 0.15) is 0 Å². The number of aryl methyl sites for hydroxylation is 3. The summed E-state index contributed by atoms with van der Waals surface area (Å²) in [5.74, 6) is -0.389. The highest BCUT2D eigenvalue weighted by molar-refractivity contribution is 6.02. The zero-order valence-electron chi connectivity index (χ0n) is 16.8. The van der Waals surface area contributed by atoms with E-state index in [9.17, 15) is 19.2 Å². The van der Waals surface area contributed by atoms with Crippen LogP contribution in [0.3, 0.4) is 0 Å². The first kappa shape index (κ1) is 20.5. The number of carbonyl (C=O) groups excluding carboxylic acids is 4. The Balaban J connectivity index is 1.60. The number of hydrogen-bond donors (Lipinski definition) is 2. The molecule has 0 fully saturated rings. The lowest BCUT2D eigenvalue weighted by molar-refractivity contribution is -0.117. The van der Waals surface area contributed by atoms with E-state index in [-0.39, 0.29) is 36.2 Å². The van der Waals surface area contributed by atoms with Gasteiger partial charge in [0.2, 0.25) is 11.8 Å². The third-order valence-corrected chi connectivity index (χ3v) is 5.07. The molecule has 150 valence electrons. The summed E-state index contributed by atoms with van der Waals surface area (Å²) in [5.41, 5.74) is 5.14. The highest BCUT2D eigenvalue weighted by atomic mass is 16.2. The molecular weight excluding hydrogens is 368 g/mol. The molecule has 0 unspecified atom stereocenters. The number of carbonyl (C=O) groups is 4. The molecule has 2 aromatic carbocycles. The van der Waals surface area contributed by atoms with E-state index in [1.807, 2.05) is 13.8 Å². The fourth-order valence-corrected chi connectivity index (χ4v) is 3.74. The van der Waals surface area contributed by atoms with E-state index < -0.39 is 0 Å². The Morgan fingerprint density at radius 3 is 2.34 bits per heavy atom.